The van der Waals surface area contributed by atoms with Gasteiger partial charge in [0.2, 0.25) is 5.91 Å². The normalized spacial score (nSPS) is 17.8. The largest absolute Gasteiger partial charge is 0.387 e. The van der Waals surface area contributed by atoms with Crippen LogP contribution in [0.25, 0.3) is 10.9 Å². The van der Waals surface area contributed by atoms with Crippen molar-refractivity contribution in [2.75, 3.05) is 19.6 Å². The first-order valence-electron chi connectivity index (χ1n) is 9.99. The number of aliphatic hydroxyl groups is 1. The number of piperidine rings is 1. The summed E-state index contributed by atoms with van der Waals surface area (Å²) in [5, 5.41) is 14.1. The second-order valence-corrected chi connectivity index (χ2v) is 7.53. The number of likely N-dealkylation sites (tertiary alicyclic amines) is 1. The first kappa shape index (κ1) is 19.2. The van der Waals surface area contributed by atoms with E-state index >= 15 is 0 Å². The standard InChI is InChI=1S/C23H25N3O3/c27-21(16-7-2-1-3-8-16)14-24-22(28)18-10-6-12-26(15-18)23(29)20-13-17-9-4-5-11-19(17)25-20/h1-5,7-9,11,13,18,21,25,27H,6,10,12,14-15H2,(H,24,28)/t18-,21-/m0/s1. The molecular weight excluding hydrogens is 366 g/mol. The molecule has 29 heavy (non-hydrogen) atoms. The third-order valence-electron chi connectivity index (χ3n) is 5.49. The number of aromatic amines is 1. The molecule has 0 spiro atoms. The van der Waals surface area contributed by atoms with Crippen LogP contribution in [0, 0.1) is 5.92 Å². The maximum absolute atomic E-state index is 12.9. The van der Waals surface area contributed by atoms with Crippen molar-refractivity contribution in [3.05, 3.63) is 71.9 Å². The molecule has 2 heterocycles. The second-order valence-electron chi connectivity index (χ2n) is 7.53. The molecule has 0 radical (unpaired) electrons. The quantitative estimate of drug-likeness (QED) is 0.625. The Morgan fingerprint density at radius 1 is 1.14 bits per heavy atom. The summed E-state index contributed by atoms with van der Waals surface area (Å²) in [5.74, 6) is -0.461. The molecule has 2 atom stereocenters. The number of rotatable bonds is 5. The number of hydrogen-bond acceptors (Lipinski definition) is 3. The Kier molecular flexibility index (Phi) is 5.62. The maximum atomic E-state index is 12.9. The van der Waals surface area contributed by atoms with Crippen LogP contribution >= 0.6 is 0 Å². The van der Waals surface area contributed by atoms with Crippen LogP contribution in [0.3, 0.4) is 0 Å². The van der Waals surface area contributed by atoms with Gasteiger partial charge in [-0.15, -0.1) is 0 Å². The third-order valence-corrected chi connectivity index (χ3v) is 5.49. The van der Waals surface area contributed by atoms with E-state index in [9.17, 15) is 14.7 Å². The van der Waals surface area contributed by atoms with Crippen LogP contribution in [0.2, 0.25) is 0 Å². The summed E-state index contributed by atoms with van der Waals surface area (Å²) >= 11 is 0. The molecular formula is C23H25N3O3. The highest BCUT2D eigenvalue weighted by Gasteiger charge is 2.29. The Bertz CT molecular complexity index is 966. The fourth-order valence-corrected chi connectivity index (χ4v) is 3.87. The predicted molar refractivity (Wildman–Crippen MR) is 111 cm³/mol. The van der Waals surface area contributed by atoms with Crippen LogP contribution in [0.5, 0.6) is 0 Å². The summed E-state index contributed by atoms with van der Waals surface area (Å²) in [6.45, 7) is 1.20. The molecule has 2 amide bonds. The summed E-state index contributed by atoms with van der Waals surface area (Å²) in [6.07, 6.45) is 0.780. The number of nitrogens with zero attached hydrogens (tertiary/aromatic N) is 1. The zero-order chi connectivity index (χ0) is 20.2. The van der Waals surface area contributed by atoms with Gasteiger partial charge in [-0.25, -0.2) is 0 Å². The zero-order valence-electron chi connectivity index (χ0n) is 16.2. The zero-order valence-corrected chi connectivity index (χ0v) is 16.2. The van der Waals surface area contributed by atoms with Crippen LogP contribution in [-0.4, -0.2) is 46.4 Å². The van der Waals surface area contributed by atoms with Crippen LogP contribution < -0.4 is 5.32 Å². The van der Waals surface area contributed by atoms with E-state index in [4.69, 9.17) is 0 Å². The van der Waals surface area contributed by atoms with Gasteiger partial charge in [0.25, 0.3) is 5.91 Å². The van der Waals surface area contributed by atoms with E-state index in [-0.39, 0.29) is 24.3 Å². The fourth-order valence-electron chi connectivity index (χ4n) is 3.87. The summed E-state index contributed by atoms with van der Waals surface area (Å²) in [6, 6.07) is 18.9. The number of benzene rings is 2. The molecule has 150 valence electrons. The lowest BCUT2D eigenvalue weighted by Gasteiger charge is -2.32. The molecule has 1 aromatic heterocycles. The van der Waals surface area contributed by atoms with Crippen molar-refractivity contribution in [3.63, 3.8) is 0 Å². The van der Waals surface area contributed by atoms with E-state index in [0.29, 0.717) is 18.8 Å². The number of hydrogen-bond donors (Lipinski definition) is 3. The number of nitrogens with one attached hydrogen (secondary N) is 2. The van der Waals surface area contributed by atoms with Gasteiger partial charge >= 0.3 is 0 Å². The number of carbonyl (C=O) groups excluding carboxylic acids is 2. The highest BCUT2D eigenvalue weighted by molar-refractivity contribution is 5.98. The highest BCUT2D eigenvalue weighted by atomic mass is 16.3. The molecule has 1 fully saturated rings. The van der Waals surface area contributed by atoms with Crippen molar-refractivity contribution in [1.82, 2.24) is 15.2 Å². The highest BCUT2D eigenvalue weighted by Crippen LogP contribution is 2.21. The van der Waals surface area contributed by atoms with Crippen molar-refractivity contribution in [1.29, 1.82) is 0 Å². The first-order chi connectivity index (χ1) is 14.1. The molecule has 3 N–H and O–H groups in total. The first-order valence-corrected chi connectivity index (χ1v) is 9.99. The van der Waals surface area contributed by atoms with E-state index in [2.05, 4.69) is 10.3 Å². The fraction of sp³-hybridized carbons (Fsp3) is 0.304. The Hall–Kier alpha value is -3.12. The number of H-pyrrole nitrogens is 1. The maximum Gasteiger partial charge on any atom is 0.270 e. The molecule has 3 aromatic rings. The Morgan fingerprint density at radius 3 is 2.69 bits per heavy atom. The Balaban J connectivity index is 1.36. The topological polar surface area (TPSA) is 85.4 Å². The molecule has 0 saturated carbocycles. The molecule has 6 heteroatoms. The van der Waals surface area contributed by atoms with Gasteiger partial charge in [-0.2, -0.15) is 0 Å². The average Bonchev–Trinajstić information content (AvgIpc) is 3.21. The average molecular weight is 391 g/mol. The van der Waals surface area contributed by atoms with Gasteiger partial charge < -0.3 is 20.3 Å². The molecule has 0 unspecified atom stereocenters. The molecule has 1 aliphatic rings. The second kappa shape index (κ2) is 8.49. The molecule has 6 nitrogen and oxygen atoms in total. The molecule has 0 aliphatic carbocycles. The van der Waals surface area contributed by atoms with Gasteiger partial charge in [-0.05, 0) is 30.5 Å². The minimum atomic E-state index is -0.743. The van der Waals surface area contributed by atoms with Gasteiger partial charge in [-0.1, -0.05) is 48.5 Å². The van der Waals surface area contributed by atoms with Gasteiger partial charge in [0.15, 0.2) is 0 Å². The van der Waals surface area contributed by atoms with E-state index in [1.165, 1.54) is 0 Å². The SMILES string of the molecule is O=C(NC[C@H](O)c1ccccc1)[C@H]1CCCN(C(=O)c2cc3ccccc3[nH]2)C1. The third kappa shape index (κ3) is 4.32. The smallest absolute Gasteiger partial charge is 0.270 e. The number of aromatic nitrogens is 1. The van der Waals surface area contributed by atoms with Gasteiger partial charge in [0, 0.05) is 30.5 Å². The summed E-state index contributed by atoms with van der Waals surface area (Å²) in [7, 11) is 0. The van der Waals surface area contributed by atoms with E-state index in [1.54, 1.807) is 4.90 Å². The van der Waals surface area contributed by atoms with Crippen molar-refractivity contribution in [2.45, 2.75) is 18.9 Å². The number of amides is 2. The number of carbonyl (C=O) groups is 2. The summed E-state index contributed by atoms with van der Waals surface area (Å²) < 4.78 is 0. The monoisotopic (exact) mass is 391 g/mol. The lowest BCUT2D eigenvalue weighted by Crippen LogP contribution is -2.46. The Morgan fingerprint density at radius 2 is 1.90 bits per heavy atom. The van der Waals surface area contributed by atoms with E-state index < -0.39 is 6.10 Å². The van der Waals surface area contributed by atoms with Crippen LogP contribution in [0.1, 0.15) is 35.0 Å². The lowest BCUT2D eigenvalue weighted by molar-refractivity contribution is -0.126. The number of aliphatic hydroxyl groups excluding tert-OH is 1. The van der Waals surface area contributed by atoms with Crippen molar-refractivity contribution >= 4 is 22.7 Å². The van der Waals surface area contributed by atoms with Gasteiger partial charge in [0.05, 0.1) is 12.0 Å². The van der Waals surface area contributed by atoms with Crippen LogP contribution in [-0.2, 0) is 4.79 Å². The summed E-state index contributed by atoms with van der Waals surface area (Å²) in [5.41, 5.74) is 2.25. The van der Waals surface area contributed by atoms with Crippen molar-refractivity contribution < 1.29 is 14.7 Å². The van der Waals surface area contributed by atoms with Gasteiger partial charge in [-0.3, -0.25) is 9.59 Å². The van der Waals surface area contributed by atoms with Gasteiger partial charge in [0.1, 0.15) is 5.69 Å². The lowest BCUT2D eigenvalue weighted by atomic mass is 9.96. The molecule has 2 aromatic carbocycles. The van der Waals surface area contributed by atoms with Crippen molar-refractivity contribution in [2.24, 2.45) is 5.92 Å². The number of para-hydroxylation sites is 1. The molecule has 1 saturated heterocycles. The van der Waals surface area contributed by atoms with E-state index in [0.717, 1.165) is 29.3 Å². The van der Waals surface area contributed by atoms with Crippen molar-refractivity contribution in [3.8, 4) is 0 Å². The van der Waals surface area contributed by atoms with Crippen LogP contribution in [0.4, 0.5) is 0 Å². The molecule has 4 rings (SSSR count). The van der Waals surface area contributed by atoms with Crippen LogP contribution in [0.15, 0.2) is 60.7 Å². The minimum absolute atomic E-state index is 0.0805. The Labute approximate surface area is 169 Å². The number of fused-ring (bicyclic) bond motifs is 1. The minimum Gasteiger partial charge on any atom is -0.387 e. The predicted octanol–water partition coefficient (Wildman–Crippen LogP) is 2.87. The molecule has 1 aliphatic heterocycles. The molecule has 0 bridgehead atoms. The summed E-state index contributed by atoms with van der Waals surface area (Å²) in [4.78, 5) is 30.4. The van der Waals surface area contributed by atoms with E-state index in [1.807, 2.05) is 60.7 Å².